The van der Waals surface area contributed by atoms with Crippen LogP contribution in [0.15, 0.2) is 72.9 Å². The summed E-state index contributed by atoms with van der Waals surface area (Å²) in [6.07, 6.45) is 69.0. The van der Waals surface area contributed by atoms with Gasteiger partial charge >= 0.3 is 39.5 Å². The fourth-order valence-corrected chi connectivity index (χ4v) is 11.9. The molecule has 0 radical (unpaired) electrons. The van der Waals surface area contributed by atoms with Crippen LogP contribution in [0, 0.1) is 0 Å². The number of hydrogen-bond acceptors (Lipinski definition) is 15. The summed E-state index contributed by atoms with van der Waals surface area (Å²) in [5.41, 5.74) is 0. The summed E-state index contributed by atoms with van der Waals surface area (Å²) < 4.78 is 68.4. The Bertz CT molecular complexity index is 2110. The monoisotopic (exact) mass is 1400 g/mol. The molecule has 5 atom stereocenters. The summed E-state index contributed by atoms with van der Waals surface area (Å²) >= 11 is 0. The molecule has 0 bridgehead atoms. The topological polar surface area (TPSA) is 237 Å². The molecule has 0 heterocycles. The lowest BCUT2D eigenvalue weighted by Gasteiger charge is -2.21. The molecule has 19 heteroatoms. The second kappa shape index (κ2) is 70.0. The fraction of sp³-hybridized carbons (Fsp3) is 0.792. The quantitative estimate of drug-likeness (QED) is 0.0169. The maximum absolute atomic E-state index is 13.0. The van der Waals surface area contributed by atoms with Crippen molar-refractivity contribution in [3.8, 4) is 0 Å². The SMILES string of the molecule is CC/C=C\C/C=C\C/C=C\C/C=C\CCCCCCCCC(=O)OCC(COP(=O)(O)OCC(O)COP(=O)(O)OCC(COC(=O)CCCCCCCCCCCCCCCCC)OC(=O)CCCCCCC/C=C\CCCC)OC(=O)CCCCCCC/C=C\CCCC. The van der Waals surface area contributed by atoms with E-state index in [-0.39, 0.29) is 25.7 Å². The van der Waals surface area contributed by atoms with Crippen molar-refractivity contribution in [3.63, 3.8) is 0 Å². The minimum atomic E-state index is -4.97. The molecule has 5 unspecified atom stereocenters. The zero-order valence-corrected chi connectivity index (χ0v) is 62.6. The van der Waals surface area contributed by atoms with E-state index in [0.717, 1.165) is 161 Å². The molecule has 17 nitrogen and oxygen atoms in total. The van der Waals surface area contributed by atoms with Gasteiger partial charge in [-0.25, -0.2) is 9.13 Å². The number of phosphoric acid groups is 2. The highest BCUT2D eigenvalue weighted by Gasteiger charge is 2.30. The van der Waals surface area contributed by atoms with Crippen LogP contribution in [-0.2, 0) is 65.4 Å². The number of unbranched alkanes of at least 4 members (excludes halogenated alkanes) is 34. The highest BCUT2D eigenvalue weighted by atomic mass is 31.2. The van der Waals surface area contributed by atoms with Crippen molar-refractivity contribution in [3.05, 3.63) is 72.9 Å². The number of aliphatic hydroxyl groups is 1. The number of ether oxygens (including phenoxy) is 4. The molecule has 0 aliphatic heterocycles. The number of carbonyl (C=O) groups excluding carboxylic acids is 4. The summed E-state index contributed by atoms with van der Waals surface area (Å²) in [4.78, 5) is 72.7. The molecule has 0 spiro atoms. The Balaban J connectivity index is 5.26. The standard InChI is InChI=1S/C77H138O17P2/c1-5-9-13-17-21-25-29-31-33-34-35-36-38-40-44-46-50-54-58-62-75(80)88-68-73(94-77(82)64-60-56-52-48-42-28-24-20-16-12-8-4)70-92-96(85,86)90-66-71(78)65-89-95(83,84)91-69-72(93-76(81)63-59-55-51-47-41-27-23-19-15-11-7-3)67-87-74(79)61-57-53-49-45-43-39-37-32-30-26-22-18-14-10-6-2/h9,13,19-21,23-25,31,33,35-36,71-73,78H,5-8,10-12,14-18,22,26-30,32,34,37-70H2,1-4H3,(H,83,84)(H,85,86)/b13-9-,23-19-,24-20-,25-21-,33-31-,36-35-. The Morgan fingerprint density at radius 1 is 0.302 bits per heavy atom. The van der Waals surface area contributed by atoms with Crippen LogP contribution in [0.4, 0.5) is 0 Å². The number of rotatable bonds is 72. The van der Waals surface area contributed by atoms with Crippen molar-refractivity contribution in [2.45, 2.75) is 354 Å². The largest absolute Gasteiger partial charge is 0.472 e. The molecule has 3 N–H and O–H groups in total. The van der Waals surface area contributed by atoms with Crippen LogP contribution in [0.3, 0.4) is 0 Å². The molecule has 0 aliphatic carbocycles. The molecule has 0 saturated carbocycles. The van der Waals surface area contributed by atoms with Crippen molar-refractivity contribution in [2.24, 2.45) is 0 Å². The summed E-state index contributed by atoms with van der Waals surface area (Å²) in [5.74, 6) is -2.19. The molecular formula is C77H138O17P2. The minimum Gasteiger partial charge on any atom is -0.462 e. The van der Waals surface area contributed by atoms with Crippen LogP contribution < -0.4 is 0 Å². The minimum absolute atomic E-state index is 0.0830. The average Bonchev–Trinajstić information content (AvgIpc) is 1.15. The lowest BCUT2D eigenvalue weighted by Crippen LogP contribution is -2.30. The van der Waals surface area contributed by atoms with Gasteiger partial charge in [0.05, 0.1) is 26.4 Å². The van der Waals surface area contributed by atoms with Gasteiger partial charge in [-0.15, -0.1) is 0 Å². The highest BCUT2D eigenvalue weighted by molar-refractivity contribution is 7.47. The number of esters is 4. The van der Waals surface area contributed by atoms with Crippen molar-refractivity contribution in [2.75, 3.05) is 39.6 Å². The molecule has 0 fully saturated rings. The molecule has 96 heavy (non-hydrogen) atoms. The normalized spacial score (nSPS) is 14.4. The smallest absolute Gasteiger partial charge is 0.462 e. The second-order valence-electron chi connectivity index (χ2n) is 25.6. The van der Waals surface area contributed by atoms with Gasteiger partial charge in [0, 0.05) is 25.7 Å². The lowest BCUT2D eigenvalue weighted by molar-refractivity contribution is -0.161. The van der Waals surface area contributed by atoms with Crippen LogP contribution in [0.25, 0.3) is 0 Å². The zero-order valence-electron chi connectivity index (χ0n) is 60.8. The molecular weight excluding hydrogens is 1260 g/mol. The summed E-state index contributed by atoms with van der Waals surface area (Å²) in [6, 6.07) is 0. The number of hydrogen-bond donors (Lipinski definition) is 3. The van der Waals surface area contributed by atoms with Gasteiger partial charge in [0.25, 0.3) is 0 Å². The van der Waals surface area contributed by atoms with Gasteiger partial charge in [-0.2, -0.15) is 0 Å². The molecule has 0 aliphatic rings. The van der Waals surface area contributed by atoms with E-state index in [2.05, 4.69) is 101 Å². The second-order valence-corrected chi connectivity index (χ2v) is 28.5. The Hall–Kier alpha value is -3.50. The van der Waals surface area contributed by atoms with Gasteiger partial charge < -0.3 is 33.8 Å². The Morgan fingerprint density at radius 2 is 0.552 bits per heavy atom. The average molecular weight is 1400 g/mol. The van der Waals surface area contributed by atoms with E-state index in [1.807, 2.05) is 0 Å². The third-order valence-corrected chi connectivity index (χ3v) is 18.1. The van der Waals surface area contributed by atoms with Crippen LogP contribution in [0.5, 0.6) is 0 Å². The number of phosphoric ester groups is 2. The summed E-state index contributed by atoms with van der Waals surface area (Å²) in [7, 11) is -9.94. The first-order valence-corrected chi connectivity index (χ1v) is 41.2. The molecule has 0 aromatic carbocycles. The van der Waals surface area contributed by atoms with Crippen molar-refractivity contribution < 1.29 is 80.2 Å². The van der Waals surface area contributed by atoms with Gasteiger partial charge in [-0.3, -0.25) is 37.3 Å². The van der Waals surface area contributed by atoms with Gasteiger partial charge in [0.1, 0.15) is 19.3 Å². The van der Waals surface area contributed by atoms with Gasteiger partial charge in [0.15, 0.2) is 12.2 Å². The number of aliphatic hydroxyl groups excluding tert-OH is 1. The van der Waals surface area contributed by atoms with E-state index in [4.69, 9.17) is 37.0 Å². The number of allylic oxidation sites excluding steroid dienone is 12. The molecule has 0 amide bonds. The maximum atomic E-state index is 13.0. The van der Waals surface area contributed by atoms with Crippen LogP contribution >= 0.6 is 15.6 Å². The van der Waals surface area contributed by atoms with E-state index in [1.165, 1.54) is 96.3 Å². The predicted octanol–water partition coefficient (Wildman–Crippen LogP) is 21.7. The molecule has 0 rings (SSSR count). The first-order chi connectivity index (χ1) is 46.7. The first-order valence-electron chi connectivity index (χ1n) is 38.2. The van der Waals surface area contributed by atoms with E-state index in [1.54, 1.807) is 0 Å². The third kappa shape index (κ3) is 69.0. The fourth-order valence-electron chi connectivity index (χ4n) is 10.3. The Kier molecular flexibility index (Phi) is 67.4. The van der Waals surface area contributed by atoms with E-state index >= 15 is 0 Å². The van der Waals surface area contributed by atoms with E-state index < -0.39 is 97.5 Å². The van der Waals surface area contributed by atoms with Crippen molar-refractivity contribution in [1.29, 1.82) is 0 Å². The predicted molar refractivity (Wildman–Crippen MR) is 390 cm³/mol. The Morgan fingerprint density at radius 3 is 0.875 bits per heavy atom. The molecule has 0 saturated heterocycles. The first kappa shape index (κ1) is 92.5. The lowest BCUT2D eigenvalue weighted by atomic mass is 10.0. The third-order valence-electron chi connectivity index (χ3n) is 16.2. The maximum Gasteiger partial charge on any atom is 0.472 e. The van der Waals surface area contributed by atoms with Crippen LogP contribution in [0.2, 0.25) is 0 Å². The van der Waals surface area contributed by atoms with E-state index in [9.17, 15) is 43.2 Å². The number of carbonyl (C=O) groups is 4. The molecule has 558 valence electrons. The van der Waals surface area contributed by atoms with Crippen molar-refractivity contribution >= 4 is 39.5 Å². The van der Waals surface area contributed by atoms with Crippen LogP contribution in [0.1, 0.15) is 336 Å². The zero-order chi connectivity index (χ0) is 70.4. The van der Waals surface area contributed by atoms with E-state index in [0.29, 0.717) is 25.7 Å². The van der Waals surface area contributed by atoms with Crippen molar-refractivity contribution in [1.82, 2.24) is 0 Å². The molecule has 0 aromatic rings. The highest BCUT2D eigenvalue weighted by Crippen LogP contribution is 2.45. The van der Waals surface area contributed by atoms with Gasteiger partial charge in [-0.05, 0) is 103 Å². The molecule has 0 aromatic heterocycles. The van der Waals surface area contributed by atoms with Crippen LogP contribution in [-0.4, -0.2) is 96.7 Å². The van der Waals surface area contributed by atoms with Gasteiger partial charge in [0.2, 0.25) is 0 Å². The Labute approximate surface area is 583 Å². The summed E-state index contributed by atoms with van der Waals surface area (Å²) in [6.45, 7) is 4.69. The van der Waals surface area contributed by atoms with Gasteiger partial charge in [-0.1, -0.05) is 280 Å². The summed E-state index contributed by atoms with van der Waals surface area (Å²) in [5, 5.41) is 10.6.